The molecule has 0 spiro atoms. The van der Waals surface area contributed by atoms with Gasteiger partial charge in [-0.1, -0.05) is 17.7 Å². The van der Waals surface area contributed by atoms with Crippen LogP contribution in [0.3, 0.4) is 0 Å². The number of hydrogen-bond donors (Lipinski definition) is 1. The largest absolute Gasteiger partial charge is 0.494 e. The zero-order chi connectivity index (χ0) is 21.9. The highest BCUT2D eigenvalue weighted by molar-refractivity contribution is 7.89. The molecule has 0 unspecified atom stereocenters. The Morgan fingerprint density at radius 3 is 2.17 bits per heavy atom. The lowest BCUT2D eigenvalue weighted by Crippen LogP contribution is -2.41. The van der Waals surface area contributed by atoms with E-state index in [4.69, 9.17) is 4.74 Å². The van der Waals surface area contributed by atoms with Crippen molar-refractivity contribution in [2.45, 2.75) is 45.4 Å². The molecule has 6 nitrogen and oxygen atoms in total. The van der Waals surface area contributed by atoms with Crippen molar-refractivity contribution in [3.8, 4) is 5.75 Å². The number of carbonyl (C=O) groups is 1. The number of amides is 1. The van der Waals surface area contributed by atoms with E-state index in [0.717, 1.165) is 22.4 Å². The van der Waals surface area contributed by atoms with Crippen LogP contribution in [0.2, 0.25) is 0 Å². The van der Waals surface area contributed by atoms with Crippen molar-refractivity contribution in [3.63, 3.8) is 0 Å². The van der Waals surface area contributed by atoms with Crippen LogP contribution in [-0.4, -0.2) is 38.3 Å². The number of ether oxygens (including phenoxy) is 1. The van der Waals surface area contributed by atoms with E-state index in [1.165, 1.54) is 4.31 Å². The summed E-state index contributed by atoms with van der Waals surface area (Å²) in [5.74, 6) is 0.484. The highest BCUT2D eigenvalue weighted by atomic mass is 32.2. The molecule has 0 aliphatic carbocycles. The monoisotopic (exact) mass is 430 g/mol. The number of piperidine rings is 1. The van der Waals surface area contributed by atoms with Gasteiger partial charge in [0.25, 0.3) is 0 Å². The lowest BCUT2D eigenvalue weighted by molar-refractivity contribution is -0.120. The van der Waals surface area contributed by atoms with Gasteiger partial charge in [-0.2, -0.15) is 4.31 Å². The molecule has 2 aromatic rings. The first-order valence-electron chi connectivity index (χ1n) is 10.3. The Kier molecular flexibility index (Phi) is 6.83. The molecule has 1 aliphatic rings. The van der Waals surface area contributed by atoms with Crippen LogP contribution in [-0.2, 0) is 14.8 Å². The smallest absolute Gasteiger partial charge is 0.243 e. The molecule has 1 N–H and O–H groups in total. The van der Waals surface area contributed by atoms with Gasteiger partial charge in [-0.05, 0) is 75.9 Å². The Bertz CT molecular complexity index is 985. The Morgan fingerprint density at radius 2 is 1.63 bits per heavy atom. The van der Waals surface area contributed by atoms with E-state index >= 15 is 0 Å². The van der Waals surface area contributed by atoms with Crippen LogP contribution in [0.1, 0.15) is 36.5 Å². The van der Waals surface area contributed by atoms with Gasteiger partial charge in [0.15, 0.2) is 0 Å². The molecule has 162 valence electrons. The van der Waals surface area contributed by atoms with Gasteiger partial charge in [0.05, 0.1) is 11.5 Å². The first-order valence-corrected chi connectivity index (χ1v) is 11.8. The highest BCUT2D eigenvalue weighted by Crippen LogP contribution is 2.29. The molecule has 2 aromatic carbocycles. The van der Waals surface area contributed by atoms with Gasteiger partial charge in [0.2, 0.25) is 15.9 Å². The summed E-state index contributed by atoms with van der Waals surface area (Å²) in [5.41, 5.74) is 3.30. The maximum absolute atomic E-state index is 13.2. The molecular weight excluding hydrogens is 400 g/mol. The minimum Gasteiger partial charge on any atom is -0.494 e. The van der Waals surface area contributed by atoms with Crippen molar-refractivity contribution in [1.29, 1.82) is 0 Å². The van der Waals surface area contributed by atoms with Gasteiger partial charge in [-0.15, -0.1) is 0 Å². The van der Waals surface area contributed by atoms with E-state index in [-0.39, 0.29) is 11.8 Å². The Hall–Kier alpha value is -2.38. The number of carbonyl (C=O) groups excluding carboxylic acids is 1. The zero-order valence-electron chi connectivity index (χ0n) is 18.1. The van der Waals surface area contributed by atoms with E-state index in [0.29, 0.717) is 43.1 Å². The fraction of sp³-hybridized carbons (Fsp3) is 0.435. The van der Waals surface area contributed by atoms with Gasteiger partial charge < -0.3 is 10.1 Å². The highest BCUT2D eigenvalue weighted by Gasteiger charge is 2.33. The summed E-state index contributed by atoms with van der Waals surface area (Å²) in [4.78, 5) is 13.0. The van der Waals surface area contributed by atoms with Crippen molar-refractivity contribution in [1.82, 2.24) is 4.31 Å². The van der Waals surface area contributed by atoms with E-state index < -0.39 is 10.0 Å². The van der Waals surface area contributed by atoms with Gasteiger partial charge >= 0.3 is 0 Å². The molecular formula is C23H30N2O4S. The number of anilines is 1. The van der Waals surface area contributed by atoms with Crippen LogP contribution in [0, 0.1) is 26.7 Å². The van der Waals surface area contributed by atoms with Crippen LogP contribution >= 0.6 is 0 Å². The molecule has 0 radical (unpaired) electrons. The standard InChI is InChI=1S/C23H30N2O4S/c1-5-29-21-8-6-20(7-9-21)24-23(26)19-10-12-25(13-11-19)30(27,28)22-17(3)14-16(2)15-18(22)4/h6-9,14-15,19H,5,10-13H2,1-4H3,(H,24,26). The molecule has 0 aromatic heterocycles. The second-order valence-corrected chi connectivity index (χ2v) is 9.73. The third-order valence-corrected chi connectivity index (χ3v) is 7.66. The molecule has 3 rings (SSSR count). The van der Waals surface area contributed by atoms with E-state index in [9.17, 15) is 13.2 Å². The Balaban J connectivity index is 1.63. The van der Waals surface area contributed by atoms with E-state index in [1.54, 1.807) is 0 Å². The second kappa shape index (κ2) is 9.18. The summed E-state index contributed by atoms with van der Waals surface area (Å²) in [7, 11) is -3.57. The fourth-order valence-electron chi connectivity index (χ4n) is 4.11. The maximum atomic E-state index is 13.2. The number of hydrogen-bond acceptors (Lipinski definition) is 4. The average molecular weight is 431 g/mol. The van der Waals surface area contributed by atoms with E-state index in [1.807, 2.05) is 64.1 Å². The molecule has 1 fully saturated rings. The number of rotatable bonds is 6. The molecule has 7 heteroatoms. The number of aryl methyl sites for hydroxylation is 3. The molecule has 0 atom stereocenters. The molecule has 1 saturated heterocycles. The maximum Gasteiger partial charge on any atom is 0.243 e. The first-order chi connectivity index (χ1) is 14.2. The van der Waals surface area contributed by atoms with Crippen molar-refractivity contribution in [2.75, 3.05) is 25.0 Å². The fourth-order valence-corrected chi connectivity index (χ4v) is 5.99. The van der Waals surface area contributed by atoms with Crippen molar-refractivity contribution < 1.29 is 17.9 Å². The quantitative estimate of drug-likeness (QED) is 0.750. The zero-order valence-corrected chi connectivity index (χ0v) is 18.9. The summed E-state index contributed by atoms with van der Waals surface area (Å²) < 4.78 is 33.3. The summed E-state index contributed by atoms with van der Waals surface area (Å²) in [6.45, 7) is 8.84. The molecule has 0 bridgehead atoms. The summed E-state index contributed by atoms with van der Waals surface area (Å²) in [5, 5.41) is 2.93. The molecule has 1 amide bonds. The lowest BCUT2D eigenvalue weighted by atomic mass is 9.97. The van der Waals surface area contributed by atoms with Gasteiger partial charge in [0, 0.05) is 24.7 Å². The number of nitrogens with one attached hydrogen (secondary N) is 1. The van der Waals surface area contributed by atoms with Crippen molar-refractivity contribution >= 4 is 21.6 Å². The number of benzene rings is 2. The minimum absolute atomic E-state index is 0.0705. The Morgan fingerprint density at radius 1 is 1.07 bits per heavy atom. The van der Waals surface area contributed by atoms with E-state index in [2.05, 4.69) is 5.32 Å². The topological polar surface area (TPSA) is 75.7 Å². The van der Waals surface area contributed by atoms with Crippen LogP contribution in [0.25, 0.3) is 0 Å². The predicted octanol–water partition coefficient (Wildman–Crippen LogP) is 4.05. The van der Waals surface area contributed by atoms with Gasteiger partial charge in [-0.25, -0.2) is 8.42 Å². The Labute approximate surface area is 179 Å². The van der Waals surface area contributed by atoms with Crippen molar-refractivity contribution in [3.05, 3.63) is 53.1 Å². The van der Waals surface area contributed by atoms with Crippen LogP contribution in [0.5, 0.6) is 5.75 Å². The lowest BCUT2D eigenvalue weighted by Gasteiger charge is -2.31. The molecule has 0 saturated carbocycles. The first kappa shape index (κ1) is 22.3. The van der Waals surface area contributed by atoms with Gasteiger partial charge in [-0.3, -0.25) is 4.79 Å². The van der Waals surface area contributed by atoms with Crippen LogP contribution < -0.4 is 10.1 Å². The third-order valence-electron chi connectivity index (χ3n) is 5.46. The summed E-state index contributed by atoms with van der Waals surface area (Å²) >= 11 is 0. The minimum atomic E-state index is -3.57. The normalized spacial score (nSPS) is 15.7. The average Bonchev–Trinajstić information content (AvgIpc) is 2.69. The summed E-state index contributed by atoms with van der Waals surface area (Å²) in [6.07, 6.45) is 1.01. The number of nitrogens with zero attached hydrogens (tertiary/aromatic N) is 1. The third kappa shape index (κ3) is 4.84. The second-order valence-electron chi connectivity index (χ2n) is 7.85. The molecule has 30 heavy (non-hydrogen) atoms. The molecule has 1 aliphatic heterocycles. The van der Waals surface area contributed by atoms with Crippen LogP contribution in [0.15, 0.2) is 41.3 Å². The SMILES string of the molecule is CCOc1ccc(NC(=O)C2CCN(S(=O)(=O)c3c(C)cc(C)cc3C)CC2)cc1. The summed E-state index contributed by atoms with van der Waals surface area (Å²) in [6, 6.07) is 11.1. The van der Waals surface area contributed by atoms with Gasteiger partial charge in [0.1, 0.15) is 5.75 Å². The number of sulfonamides is 1. The molecule has 1 heterocycles. The predicted molar refractivity (Wildman–Crippen MR) is 118 cm³/mol. The van der Waals surface area contributed by atoms with Crippen LogP contribution in [0.4, 0.5) is 5.69 Å². The van der Waals surface area contributed by atoms with Crippen molar-refractivity contribution in [2.24, 2.45) is 5.92 Å².